The van der Waals surface area contributed by atoms with Gasteiger partial charge in [-0.1, -0.05) is 0 Å². The highest BCUT2D eigenvalue weighted by atomic mass is 16.5. The Morgan fingerprint density at radius 1 is 1.78 bits per heavy atom. The molecular weight excluding hydrogens is 118 g/mol. The molecule has 0 aliphatic carbocycles. The fourth-order valence-corrected chi connectivity index (χ4v) is 1.30. The van der Waals surface area contributed by atoms with Crippen LogP contribution in [0.5, 0.6) is 0 Å². The van der Waals surface area contributed by atoms with Gasteiger partial charge in [0.15, 0.2) is 0 Å². The van der Waals surface area contributed by atoms with E-state index in [0.717, 1.165) is 0 Å². The Bertz CT molecular complexity index is 162. The summed E-state index contributed by atoms with van der Waals surface area (Å²) in [6, 6.07) is 0.332. The number of ether oxygens (including phenoxy) is 1. The van der Waals surface area contributed by atoms with Crippen LogP contribution in [0.4, 0.5) is 0 Å². The first kappa shape index (κ1) is 5.23. The highest BCUT2D eigenvalue weighted by molar-refractivity contribution is 5.91. The van der Waals surface area contributed by atoms with Crippen molar-refractivity contribution in [2.75, 3.05) is 13.2 Å². The lowest BCUT2D eigenvalue weighted by atomic mass is 9.72. The molecule has 0 radical (unpaired) electrons. The van der Waals surface area contributed by atoms with E-state index in [1.807, 2.05) is 6.92 Å². The fraction of sp³-hybridized carbons (Fsp3) is 0.833. The number of hydrogen-bond donors (Lipinski definition) is 1. The highest BCUT2D eigenvalue weighted by Gasteiger charge is 2.58. The average molecular weight is 127 g/mol. The van der Waals surface area contributed by atoms with Crippen molar-refractivity contribution in [3.05, 3.63) is 0 Å². The van der Waals surface area contributed by atoms with Crippen LogP contribution in [0.25, 0.3) is 0 Å². The molecule has 2 aliphatic rings. The van der Waals surface area contributed by atoms with Gasteiger partial charge in [0, 0.05) is 6.04 Å². The van der Waals surface area contributed by atoms with Crippen molar-refractivity contribution in [2.24, 2.45) is 5.41 Å². The van der Waals surface area contributed by atoms with Crippen LogP contribution in [-0.2, 0) is 9.53 Å². The molecule has 0 aromatic heterocycles. The van der Waals surface area contributed by atoms with Gasteiger partial charge in [-0.25, -0.2) is 0 Å². The monoisotopic (exact) mass is 127 g/mol. The zero-order valence-corrected chi connectivity index (χ0v) is 5.31. The molecule has 2 heterocycles. The lowest BCUT2D eigenvalue weighted by Crippen LogP contribution is -2.74. The van der Waals surface area contributed by atoms with Gasteiger partial charge < -0.3 is 10.1 Å². The zero-order chi connectivity index (χ0) is 6.48. The molecule has 1 spiro atoms. The average Bonchev–Trinajstić information content (AvgIpc) is 1.60. The Balaban J connectivity index is 2.17. The lowest BCUT2D eigenvalue weighted by Gasteiger charge is -2.52. The van der Waals surface area contributed by atoms with E-state index in [-0.39, 0.29) is 11.3 Å². The van der Waals surface area contributed by atoms with Crippen LogP contribution in [0.1, 0.15) is 6.92 Å². The van der Waals surface area contributed by atoms with Crippen LogP contribution in [-0.4, -0.2) is 25.2 Å². The number of rotatable bonds is 0. The summed E-state index contributed by atoms with van der Waals surface area (Å²) >= 11 is 0. The smallest absolute Gasteiger partial charge is 0.233 e. The van der Waals surface area contributed by atoms with E-state index >= 15 is 0 Å². The van der Waals surface area contributed by atoms with Crippen LogP contribution in [0, 0.1) is 5.41 Å². The largest absolute Gasteiger partial charge is 0.379 e. The van der Waals surface area contributed by atoms with Crippen molar-refractivity contribution in [2.45, 2.75) is 13.0 Å². The third-order valence-corrected chi connectivity index (χ3v) is 2.35. The van der Waals surface area contributed by atoms with Gasteiger partial charge in [-0.3, -0.25) is 4.79 Å². The fourth-order valence-electron chi connectivity index (χ4n) is 1.30. The van der Waals surface area contributed by atoms with E-state index in [9.17, 15) is 4.79 Å². The van der Waals surface area contributed by atoms with E-state index < -0.39 is 0 Å². The minimum Gasteiger partial charge on any atom is -0.379 e. The summed E-state index contributed by atoms with van der Waals surface area (Å²) < 4.78 is 4.96. The number of hydrogen-bond acceptors (Lipinski definition) is 2. The maximum absolute atomic E-state index is 10.9. The van der Waals surface area contributed by atoms with Crippen molar-refractivity contribution in [1.29, 1.82) is 0 Å². The van der Waals surface area contributed by atoms with E-state index in [1.54, 1.807) is 0 Å². The van der Waals surface area contributed by atoms with Crippen LogP contribution >= 0.6 is 0 Å². The summed E-state index contributed by atoms with van der Waals surface area (Å²) in [5.41, 5.74) is -0.111. The SMILES string of the molecule is CC1NC(=O)C12COC2. The van der Waals surface area contributed by atoms with Gasteiger partial charge >= 0.3 is 0 Å². The number of carbonyl (C=O) groups excluding carboxylic acids is 1. The summed E-state index contributed by atoms with van der Waals surface area (Å²) in [5.74, 6) is 0.168. The molecule has 1 atom stereocenters. The van der Waals surface area contributed by atoms with Crippen molar-refractivity contribution >= 4 is 5.91 Å². The number of carbonyl (C=O) groups is 1. The van der Waals surface area contributed by atoms with Crippen LogP contribution in [0.3, 0.4) is 0 Å². The van der Waals surface area contributed by atoms with Gasteiger partial charge in [-0.15, -0.1) is 0 Å². The summed E-state index contributed by atoms with van der Waals surface area (Å²) in [6.45, 7) is 3.27. The predicted molar refractivity (Wildman–Crippen MR) is 30.9 cm³/mol. The maximum atomic E-state index is 10.9. The number of nitrogens with one attached hydrogen (secondary N) is 1. The first-order valence-corrected chi connectivity index (χ1v) is 3.14. The number of amides is 1. The van der Waals surface area contributed by atoms with Crippen LogP contribution in [0.15, 0.2) is 0 Å². The Labute approximate surface area is 53.4 Å². The van der Waals surface area contributed by atoms with Gasteiger partial charge in [0.25, 0.3) is 0 Å². The van der Waals surface area contributed by atoms with Gasteiger partial charge in [0.05, 0.1) is 13.2 Å². The first-order chi connectivity index (χ1) is 4.26. The minimum atomic E-state index is -0.111. The van der Waals surface area contributed by atoms with E-state index in [2.05, 4.69) is 5.32 Å². The normalized spacial score (nSPS) is 37.0. The van der Waals surface area contributed by atoms with E-state index in [1.165, 1.54) is 0 Å². The minimum absolute atomic E-state index is 0.111. The molecule has 0 saturated carbocycles. The molecule has 0 aromatic carbocycles. The predicted octanol–water partition coefficient (Wildman–Crippen LogP) is -0.479. The van der Waals surface area contributed by atoms with Gasteiger partial charge in [-0.2, -0.15) is 0 Å². The molecule has 1 unspecified atom stereocenters. The molecule has 50 valence electrons. The van der Waals surface area contributed by atoms with Crippen LogP contribution in [0.2, 0.25) is 0 Å². The van der Waals surface area contributed by atoms with E-state index in [0.29, 0.717) is 19.3 Å². The molecule has 0 aromatic rings. The molecule has 1 amide bonds. The summed E-state index contributed by atoms with van der Waals surface area (Å²) in [6.07, 6.45) is 0. The summed E-state index contributed by atoms with van der Waals surface area (Å²) in [5, 5.41) is 2.78. The molecule has 2 rings (SSSR count). The van der Waals surface area contributed by atoms with Crippen molar-refractivity contribution in [3.63, 3.8) is 0 Å². The second-order valence-electron chi connectivity index (χ2n) is 2.84. The molecule has 0 bridgehead atoms. The molecule has 2 fully saturated rings. The molecule has 3 heteroatoms. The molecule has 1 N–H and O–H groups in total. The summed E-state index contributed by atoms with van der Waals surface area (Å²) in [4.78, 5) is 10.9. The second-order valence-corrected chi connectivity index (χ2v) is 2.84. The quantitative estimate of drug-likeness (QED) is 0.446. The van der Waals surface area contributed by atoms with Gasteiger partial charge in [-0.05, 0) is 6.92 Å². The highest BCUT2D eigenvalue weighted by Crippen LogP contribution is 2.37. The lowest BCUT2D eigenvalue weighted by molar-refractivity contribution is -0.189. The maximum Gasteiger partial charge on any atom is 0.233 e. The Hall–Kier alpha value is -0.570. The zero-order valence-electron chi connectivity index (χ0n) is 5.31. The third kappa shape index (κ3) is 0.399. The molecular formula is C6H9NO2. The molecule has 9 heavy (non-hydrogen) atoms. The Kier molecular flexibility index (Phi) is 0.750. The molecule has 2 aliphatic heterocycles. The standard InChI is InChI=1S/C6H9NO2/c1-4-6(2-9-3-6)5(8)7-4/h4H,2-3H2,1H3,(H,7,8). The topological polar surface area (TPSA) is 38.3 Å². The molecule has 2 saturated heterocycles. The van der Waals surface area contributed by atoms with E-state index in [4.69, 9.17) is 4.74 Å². The first-order valence-electron chi connectivity index (χ1n) is 3.14. The third-order valence-electron chi connectivity index (χ3n) is 2.35. The van der Waals surface area contributed by atoms with Gasteiger partial charge in [0.1, 0.15) is 5.41 Å². The van der Waals surface area contributed by atoms with Crippen molar-refractivity contribution < 1.29 is 9.53 Å². The second kappa shape index (κ2) is 1.29. The van der Waals surface area contributed by atoms with Crippen molar-refractivity contribution in [3.8, 4) is 0 Å². The van der Waals surface area contributed by atoms with Gasteiger partial charge in [0.2, 0.25) is 5.91 Å². The number of β-lactam (4-membered cyclic amide) rings is 1. The Morgan fingerprint density at radius 3 is 2.56 bits per heavy atom. The van der Waals surface area contributed by atoms with Crippen LogP contribution < -0.4 is 5.32 Å². The summed E-state index contributed by atoms with van der Waals surface area (Å²) in [7, 11) is 0. The Morgan fingerprint density at radius 2 is 2.44 bits per heavy atom. The van der Waals surface area contributed by atoms with Crippen molar-refractivity contribution in [1.82, 2.24) is 5.32 Å². The molecule has 3 nitrogen and oxygen atoms in total.